The molecule has 1 saturated heterocycles. The van der Waals surface area contributed by atoms with E-state index in [1.807, 2.05) is 4.90 Å². The molecule has 0 radical (unpaired) electrons. The van der Waals surface area contributed by atoms with Crippen molar-refractivity contribution >= 4 is 22.8 Å². The number of ether oxygens (including phenoxy) is 1. The average molecular weight is 357 g/mol. The van der Waals surface area contributed by atoms with Crippen LogP contribution in [-0.4, -0.2) is 49.9 Å². The number of hydrogen-bond acceptors (Lipinski definition) is 8. The zero-order valence-corrected chi connectivity index (χ0v) is 12.8. The van der Waals surface area contributed by atoms with Gasteiger partial charge in [-0.05, 0) is 22.6 Å². The maximum absolute atomic E-state index is 12.7. The van der Waals surface area contributed by atoms with Gasteiger partial charge in [0.2, 0.25) is 0 Å². The van der Waals surface area contributed by atoms with Gasteiger partial charge in [0, 0.05) is 11.9 Å². The van der Waals surface area contributed by atoms with Crippen molar-refractivity contribution in [3.8, 4) is 0 Å². The summed E-state index contributed by atoms with van der Waals surface area (Å²) in [5.41, 5.74) is -0.380. The summed E-state index contributed by atoms with van der Waals surface area (Å²) in [6.45, 7) is 1.28. The van der Waals surface area contributed by atoms with Crippen molar-refractivity contribution in [3.63, 3.8) is 0 Å². The maximum atomic E-state index is 12.7. The van der Waals surface area contributed by atoms with E-state index in [-0.39, 0.29) is 0 Å². The van der Waals surface area contributed by atoms with Crippen LogP contribution in [0.5, 0.6) is 0 Å². The normalized spacial score (nSPS) is 19.1. The molecule has 4 heterocycles. The second-order valence-electron chi connectivity index (χ2n) is 5.09. The van der Waals surface area contributed by atoms with E-state index < -0.39 is 18.0 Å². The third-order valence-electron chi connectivity index (χ3n) is 3.53. The van der Waals surface area contributed by atoms with Gasteiger partial charge in [-0.1, -0.05) is 0 Å². The first-order valence-corrected chi connectivity index (χ1v) is 7.83. The summed E-state index contributed by atoms with van der Waals surface area (Å²) in [4.78, 5) is 5.57. The fraction of sp³-hybridized carbons (Fsp3) is 0.417. The number of thiazole rings is 1. The molecule has 1 atom stereocenters. The minimum absolute atomic E-state index is 0.301. The van der Waals surface area contributed by atoms with E-state index in [4.69, 9.17) is 4.74 Å². The summed E-state index contributed by atoms with van der Waals surface area (Å²) in [5, 5.41) is 16.6. The minimum atomic E-state index is -4.45. The SMILES string of the molecule is FC(F)(F)c1csc(C2CN(c3ccc4nnnn4n3)CCO2)n1. The van der Waals surface area contributed by atoms with Crippen molar-refractivity contribution in [2.24, 2.45) is 0 Å². The van der Waals surface area contributed by atoms with Crippen LogP contribution >= 0.6 is 11.3 Å². The van der Waals surface area contributed by atoms with Gasteiger partial charge in [-0.25, -0.2) is 4.98 Å². The molecule has 0 N–H and O–H groups in total. The van der Waals surface area contributed by atoms with Gasteiger partial charge in [0.15, 0.2) is 17.2 Å². The van der Waals surface area contributed by atoms with E-state index in [9.17, 15) is 13.2 Å². The predicted octanol–water partition coefficient (Wildman–Crippen LogP) is 1.57. The van der Waals surface area contributed by atoms with Gasteiger partial charge in [-0.15, -0.1) is 26.2 Å². The van der Waals surface area contributed by atoms with Crippen molar-refractivity contribution in [3.05, 3.63) is 28.2 Å². The molecule has 126 valence electrons. The van der Waals surface area contributed by atoms with Gasteiger partial charge in [0.1, 0.15) is 11.1 Å². The number of rotatable bonds is 2. The maximum Gasteiger partial charge on any atom is 0.434 e. The summed E-state index contributed by atoms with van der Waals surface area (Å²) >= 11 is 0.943. The lowest BCUT2D eigenvalue weighted by Crippen LogP contribution is -2.39. The Morgan fingerprint density at radius 3 is 2.96 bits per heavy atom. The highest BCUT2D eigenvalue weighted by atomic mass is 32.1. The Hall–Kier alpha value is -2.34. The molecule has 0 amide bonds. The molecular formula is C12H10F3N7OS. The lowest BCUT2D eigenvalue weighted by atomic mass is 10.2. The molecule has 1 unspecified atom stereocenters. The number of halogens is 3. The molecule has 0 aliphatic carbocycles. The molecule has 24 heavy (non-hydrogen) atoms. The quantitative estimate of drug-likeness (QED) is 0.689. The standard InChI is InChI=1S/C12H10F3N7OS/c13-12(14,15)8-6-24-11(16-8)7-5-21(3-4-23-7)10-2-1-9-17-19-20-22(9)18-10/h1-2,6-7H,3-5H2. The Morgan fingerprint density at radius 1 is 1.29 bits per heavy atom. The van der Waals surface area contributed by atoms with Crippen LogP contribution < -0.4 is 4.90 Å². The van der Waals surface area contributed by atoms with Crippen LogP contribution in [0.4, 0.5) is 19.0 Å². The third kappa shape index (κ3) is 2.78. The van der Waals surface area contributed by atoms with Crippen LogP contribution in [0.1, 0.15) is 16.8 Å². The number of anilines is 1. The van der Waals surface area contributed by atoms with Gasteiger partial charge in [-0.3, -0.25) is 0 Å². The highest BCUT2D eigenvalue weighted by Crippen LogP contribution is 2.34. The van der Waals surface area contributed by atoms with Crippen LogP contribution in [0.2, 0.25) is 0 Å². The van der Waals surface area contributed by atoms with Crippen LogP contribution in [0, 0.1) is 0 Å². The molecule has 1 aliphatic rings. The summed E-state index contributed by atoms with van der Waals surface area (Å²) in [6.07, 6.45) is -4.98. The first kappa shape index (κ1) is 15.2. The molecule has 0 bridgehead atoms. The number of alkyl halides is 3. The van der Waals surface area contributed by atoms with Gasteiger partial charge in [-0.2, -0.15) is 13.2 Å². The fourth-order valence-electron chi connectivity index (χ4n) is 2.38. The highest BCUT2D eigenvalue weighted by molar-refractivity contribution is 7.09. The number of tetrazole rings is 1. The number of nitrogens with zero attached hydrogens (tertiary/aromatic N) is 7. The molecular weight excluding hydrogens is 347 g/mol. The second kappa shape index (κ2) is 5.63. The van der Waals surface area contributed by atoms with E-state index in [1.54, 1.807) is 12.1 Å². The first-order valence-electron chi connectivity index (χ1n) is 6.95. The van der Waals surface area contributed by atoms with Gasteiger partial charge >= 0.3 is 6.18 Å². The van der Waals surface area contributed by atoms with E-state index in [0.29, 0.717) is 36.2 Å². The largest absolute Gasteiger partial charge is 0.434 e. The summed E-state index contributed by atoms with van der Waals surface area (Å²) in [5.74, 6) is 0.621. The first-order chi connectivity index (χ1) is 11.5. The highest BCUT2D eigenvalue weighted by Gasteiger charge is 2.35. The van der Waals surface area contributed by atoms with E-state index >= 15 is 0 Å². The van der Waals surface area contributed by atoms with Gasteiger partial charge in [0.25, 0.3) is 0 Å². The van der Waals surface area contributed by atoms with E-state index in [0.717, 1.165) is 16.7 Å². The molecule has 0 saturated carbocycles. The summed E-state index contributed by atoms with van der Waals surface area (Å²) in [6, 6.07) is 3.48. The minimum Gasteiger partial charge on any atom is -0.367 e. The molecule has 3 aromatic rings. The fourth-order valence-corrected chi connectivity index (χ4v) is 3.25. The second-order valence-corrected chi connectivity index (χ2v) is 5.98. The van der Waals surface area contributed by atoms with Crippen molar-refractivity contribution < 1.29 is 17.9 Å². The van der Waals surface area contributed by atoms with Crippen LogP contribution in [0.3, 0.4) is 0 Å². The number of aromatic nitrogens is 6. The molecule has 12 heteroatoms. The van der Waals surface area contributed by atoms with Crippen LogP contribution in [0.15, 0.2) is 17.5 Å². The Labute approximate surface area is 136 Å². The van der Waals surface area contributed by atoms with Crippen molar-refractivity contribution in [1.82, 2.24) is 30.2 Å². The Morgan fingerprint density at radius 2 is 2.17 bits per heavy atom. The third-order valence-corrected chi connectivity index (χ3v) is 4.47. The van der Waals surface area contributed by atoms with Crippen LogP contribution in [-0.2, 0) is 10.9 Å². The van der Waals surface area contributed by atoms with E-state index in [1.165, 1.54) is 4.63 Å². The van der Waals surface area contributed by atoms with Gasteiger partial charge in [0.05, 0.1) is 13.2 Å². The number of fused-ring (bicyclic) bond motifs is 1. The predicted molar refractivity (Wildman–Crippen MR) is 76.6 cm³/mol. The number of hydrogen-bond donors (Lipinski definition) is 0. The molecule has 1 aliphatic heterocycles. The Bertz CT molecular complexity index is 864. The Kier molecular flexibility index (Phi) is 3.57. The topological polar surface area (TPSA) is 81.3 Å². The molecule has 8 nitrogen and oxygen atoms in total. The molecule has 0 aromatic carbocycles. The molecule has 4 rings (SSSR count). The smallest absolute Gasteiger partial charge is 0.367 e. The zero-order chi connectivity index (χ0) is 16.7. The summed E-state index contributed by atoms with van der Waals surface area (Å²) < 4.78 is 44.9. The zero-order valence-electron chi connectivity index (χ0n) is 12.0. The van der Waals surface area contributed by atoms with Crippen molar-refractivity contribution in [1.29, 1.82) is 0 Å². The van der Waals surface area contributed by atoms with Crippen LogP contribution in [0.25, 0.3) is 5.65 Å². The number of morpholine rings is 1. The average Bonchev–Trinajstić information content (AvgIpc) is 3.23. The molecule has 0 spiro atoms. The molecule has 3 aromatic heterocycles. The lowest BCUT2D eigenvalue weighted by molar-refractivity contribution is -0.140. The summed E-state index contributed by atoms with van der Waals surface area (Å²) in [7, 11) is 0. The van der Waals surface area contributed by atoms with Crippen molar-refractivity contribution in [2.75, 3.05) is 24.6 Å². The Balaban J connectivity index is 1.56. The monoisotopic (exact) mass is 357 g/mol. The molecule has 1 fully saturated rings. The lowest BCUT2D eigenvalue weighted by Gasteiger charge is -2.32. The van der Waals surface area contributed by atoms with E-state index in [2.05, 4.69) is 25.6 Å². The van der Waals surface area contributed by atoms with Gasteiger partial charge < -0.3 is 9.64 Å². The van der Waals surface area contributed by atoms with Crippen molar-refractivity contribution in [2.45, 2.75) is 12.3 Å².